The Hall–Kier alpha value is -2.46. The number of ether oxygens (including phenoxy) is 2. The van der Waals surface area contributed by atoms with Crippen molar-refractivity contribution in [1.82, 2.24) is 15.2 Å². The van der Waals surface area contributed by atoms with Crippen molar-refractivity contribution in [2.45, 2.75) is 19.5 Å². The molecule has 1 aromatic carbocycles. The number of benzene rings is 1. The summed E-state index contributed by atoms with van der Waals surface area (Å²) in [5.41, 5.74) is 1.36. The number of methoxy groups -OCH3 is 2. The number of thioether (sulfide) groups is 1. The lowest BCUT2D eigenvalue weighted by atomic mass is 10.2. The van der Waals surface area contributed by atoms with Crippen molar-refractivity contribution >= 4 is 40.7 Å². The Kier molecular flexibility index (Phi) is 6.63. The van der Waals surface area contributed by atoms with Gasteiger partial charge < -0.3 is 25.0 Å². The average Bonchev–Trinajstić information content (AvgIpc) is 3.34. The predicted octanol–water partition coefficient (Wildman–Crippen LogP) is 2.69. The zero-order valence-corrected chi connectivity index (χ0v) is 17.5. The Morgan fingerprint density at radius 3 is 2.57 bits per heavy atom. The van der Waals surface area contributed by atoms with Crippen molar-refractivity contribution in [1.29, 1.82) is 0 Å². The lowest BCUT2D eigenvalue weighted by Gasteiger charge is -2.23. The van der Waals surface area contributed by atoms with Gasteiger partial charge in [-0.2, -0.15) is 0 Å². The highest BCUT2D eigenvalue weighted by molar-refractivity contribution is 7.99. The van der Waals surface area contributed by atoms with Gasteiger partial charge in [-0.1, -0.05) is 0 Å². The van der Waals surface area contributed by atoms with Crippen LogP contribution < -0.4 is 20.1 Å². The van der Waals surface area contributed by atoms with Crippen molar-refractivity contribution in [2.24, 2.45) is 0 Å². The third-order valence-corrected chi connectivity index (χ3v) is 5.99. The van der Waals surface area contributed by atoms with Crippen LogP contribution in [0.5, 0.6) is 11.5 Å². The second kappa shape index (κ2) is 9.16. The minimum Gasteiger partial charge on any atom is -0.497 e. The quantitative estimate of drug-likeness (QED) is 0.744. The van der Waals surface area contributed by atoms with Crippen LogP contribution in [-0.2, 0) is 11.3 Å². The Morgan fingerprint density at radius 1 is 1.25 bits per heavy atom. The summed E-state index contributed by atoms with van der Waals surface area (Å²) >= 11 is 3.08. The largest absolute Gasteiger partial charge is 0.497 e. The van der Waals surface area contributed by atoms with Crippen molar-refractivity contribution in [3.05, 3.63) is 34.3 Å². The zero-order valence-electron chi connectivity index (χ0n) is 15.9. The SMILES string of the molecule is COc1cc(NC(=O)N2CSC[C@@H]2C(=O)NCc2csc(C)n2)cc(OC)c1. The topological polar surface area (TPSA) is 92.8 Å². The average molecular weight is 423 g/mol. The molecule has 1 aromatic heterocycles. The predicted molar refractivity (Wildman–Crippen MR) is 110 cm³/mol. The van der Waals surface area contributed by atoms with Crippen LogP contribution in [0.15, 0.2) is 23.6 Å². The van der Waals surface area contributed by atoms with Gasteiger partial charge in [-0.15, -0.1) is 23.1 Å². The number of hydrogen-bond acceptors (Lipinski definition) is 7. The van der Waals surface area contributed by atoms with Gasteiger partial charge in [-0.3, -0.25) is 4.79 Å². The maximum Gasteiger partial charge on any atom is 0.323 e. The number of nitrogens with one attached hydrogen (secondary N) is 2. The summed E-state index contributed by atoms with van der Waals surface area (Å²) in [5, 5.41) is 8.56. The molecule has 2 N–H and O–H groups in total. The fourth-order valence-corrected chi connectivity index (χ4v) is 4.49. The number of thiazole rings is 1. The van der Waals surface area contributed by atoms with E-state index in [9.17, 15) is 9.59 Å². The van der Waals surface area contributed by atoms with Crippen LogP contribution in [0, 0.1) is 6.92 Å². The summed E-state index contributed by atoms with van der Waals surface area (Å²) < 4.78 is 10.4. The highest BCUT2D eigenvalue weighted by atomic mass is 32.2. The van der Waals surface area contributed by atoms with Crippen molar-refractivity contribution in [2.75, 3.05) is 31.2 Å². The van der Waals surface area contributed by atoms with Gasteiger partial charge in [0, 0.05) is 35.0 Å². The first-order chi connectivity index (χ1) is 13.5. The first-order valence-electron chi connectivity index (χ1n) is 8.57. The first kappa shape index (κ1) is 20.3. The molecule has 3 rings (SSSR count). The fourth-order valence-electron chi connectivity index (χ4n) is 2.72. The molecule has 3 amide bonds. The van der Waals surface area contributed by atoms with Gasteiger partial charge in [0.2, 0.25) is 5.91 Å². The molecule has 0 radical (unpaired) electrons. The molecule has 1 aliphatic rings. The van der Waals surface area contributed by atoms with E-state index in [1.165, 1.54) is 28.0 Å². The molecule has 0 aliphatic carbocycles. The molecule has 0 saturated carbocycles. The van der Waals surface area contributed by atoms with Crippen LogP contribution in [0.1, 0.15) is 10.7 Å². The number of anilines is 1. The van der Waals surface area contributed by atoms with E-state index in [1.807, 2.05) is 12.3 Å². The molecule has 2 heterocycles. The molecule has 1 saturated heterocycles. The van der Waals surface area contributed by atoms with E-state index in [-0.39, 0.29) is 11.9 Å². The van der Waals surface area contributed by atoms with Crippen molar-refractivity contribution < 1.29 is 19.1 Å². The molecule has 2 aromatic rings. The van der Waals surface area contributed by atoms with Crippen LogP contribution >= 0.6 is 23.1 Å². The third-order valence-electron chi connectivity index (χ3n) is 4.16. The van der Waals surface area contributed by atoms with E-state index in [0.717, 1.165) is 10.7 Å². The van der Waals surface area contributed by atoms with E-state index in [4.69, 9.17) is 9.47 Å². The summed E-state index contributed by atoms with van der Waals surface area (Å²) in [6.45, 7) is 2.27. The maximum absolute atomic E-state index is 12.7. The maximum atomic E-state index is 12.7. The van der Waals surface area contributed by atoms with E-state index in [2.05, 4.69) is 15.6 Å². The van der Waals surface area contributed by atoms with E-state index in [1.54, 1.807) is 32.4 Å². The standard InChI is InChI=1S/C18H22N4O4S2/c1-11-20-13(8-28-11)7-19-17(23)16-9-27-10-22(16)18(24)21-12-4-14(25-2)6-15(5-12)26-3/h4-6,8,16H,7,9-10H2,1-3H3,(H,19,23)(H,21,24)/t16-/m1/s1. The number of rotatable bonds is 6. The van der Waals surface area contributed by atoms with Gasteiger partial charge in [0.1, 0.15) is 17.5 Å². The van der Waals surface area contributed by atoms with Gasteiger partial charge in [0.05, 0.1) is 37.3 Å². The second-order valence-corrected chi connectivity index (χ2v) is 8.15. The lowest BCUT2D eigenvalue weighted by Crippen LogP contribution is -2.48. The summed E-state index contributed by atoms with van der Waals surface area (Å²) in [6, 6.07) is 4.24. The molecule has 28 heavy (non-hydrogen) atoms. The molecule has 1 aliphatic heterocycles. The zero-order chi connectivity index (χ0) is 20.1. The highest BCUT2D eigenvalue weighted by Gasteiger charge is 2.34. The van der Waals surface area contributed by atoms with Crippen LogP contribution in [-0.4, -0.2) is 53.7 Å². The molecule has 0 bridgehead atoms. The molecule has 10 heteroatoms. The van der Waals surface area contributed by atoms with Crippen LogP contribution in [0.3, 0.4) is 0 Å². The number of carbonyl (C=O) groups excluding carboxylic acids is 2. The molecule has 150 valence electrons. The van der Waals surface area contributed by atoms with E-state index < -0.39 is 6.04 Å². The van der Waals surface area contributed by atoms with E-state index in [0.29, 0.717) is 35.4 Å². The van der Waals surface area contributed by atoms with Gasteiger partial charge in [0.25, 0.3) is 0 Å². The Bertz CT molecular complexity index is 836. The number of amides is 3. The normalized spacial score (nSPS) is 16.0. The third kappa shape index (κ3) is 4.87. The number of aromatic nitrogens is 1. The summed E-state index contributed by atoms with van der Waals surface area (Å²) in [6.07, 6.45) is 0. The highest BCUT2D eigenvalue weighted by Crippen LogP contribution is 2.27. The van der Waals surface area contributed by atoms with Crippen LogP contribution in [0.25, 0.3) is 0 Å². The minimum atomic E-state index is -0.530. The number of hydrogen-bond donors (Lipinski definition) is 2. The molecule has 0 spiro atoms. The van der Waals surface area contributed by atoms with Gasteiger partial charge in [0.15, 0.2) is 0 Å². The number of aryl methyl sites for hydroxylation is 1. The van der Waals surface area contributed by atoms with Gasteiger partial charge in [-0.25, -0.2) is 9.78 Å². The van der Waals surface area contributed by atoms with Crippen molar-refractivity contribution in [3.8, 4) is 11.5 Å². The smallest absolute Gasteiger partial charge is 0.323 e. The van der Waals surface area contributed by atoms with Gasteiger partial charge in [-0.05, 0) is 6.92 Å². The Balaban J connectivity index is 1.63. The summed E-state index contributed by atoms with van der Waals surface area (Å²) in [4.78, 5) is 31.2. The van der Waals surface area contributed by atoms with Crippen molar-refractivity contribution in [3.63, 3.8) is 0 Å². The molecular formula is C18H22N4O4S2. The minimum absolute atomic E-state index is 0.186. The molecule has 0 unspecified atom stereocenters. The number of urea groups is 1. The number of nitrogens with zero attached hydrogens (tertiary/aromatic N) is 2. The monoisotopic (exact) mass is 422 g/mol. The molecule has 1 atom stereocenters. The summed E-state index contributed by atoms with van der Waals surface area (Å²) in [7, 11) is 3.09. The Morgan fingerprint density at radius 2 is 1.96 bits per heavy atom. The molecular weight excluding hydrogens is 400 g/mol. The molecule has 8 nitrogen and oxygen atoms in total. The van der Waals surface area contributed by atoms with Gasteiger partial charge >= 0.3 is 6.03 Å². The first-order valence-corrected chi connectivity index (χ1v) is 10.6. The lowest BCUT2D eigenvalue weighted by molar-refractivity contribution is -0.124. The van der Waals surface area contributed by atoms with E-state index >= 15 is 0 Å². The number of carbonyl (C=O) groups is 2. The van der Waals surface area contributed by atoms with Crippen LogP contribution in [0.4, 0.5) is 10.5 Å². The Labute approximate surface area is 171 Å². The van der Waals surface area contributed by atoms with Crippen LogP contribution in [0.2, 0.25) is 0 Å². The second-order valence-electron chi connectivity index (χ2n) is 6.09. The summed E-state index contributed by atoms with van der Waals surface area (Å²) in [5.74, 6) is 1.95. The fraction of sp³-hybridized carbons (Fsp3) is 0.389. The molecule has 1 fully saturated rings.